The van der Waals surface area contributed by atoms with E-state index in [1.807, 2.05) is 19.1 Å². The van der Waals surface area contributed by atoms with Crippen LogP contribution < -0.4 is 14.2 Å². The highest BCUT2D eigenvalue weighted by Crippen LogP contribution is 2.30. The molecule has 23 heavy (non-hydrogen) atoms. The molecule has 0 unspecified atom stereocenters. The second-order valence-corrected chi connectivity index (χ2v) is 5.14. The minimum atomic E-state index is 0.314. The summed E-state index contributed by atoms with van der Waals surface area (Å²) in [6.07, 6.45) is 1.29. The zero-order chi connectivity index (χ0) is 16.7. The first kappa shape index (κ1) is 17.0. The first-order valence-corrected chi connectivity index (χ1v) is 7.39. The predicted molar refractivity (Wildman–Crippen MR) is 89.6 cm³/mol. The average molecular weight is 336 g/mol. The van der Waals surface area contributed by atoms with E-state index in [4.69, 9.17) is 31.0 Å². The maximum Gasteiger partial charge on any atom is 0.170 e. The van der Waals surface area contributed by atoms with Crippen LogP contribution in [0.1, 0.15) is 11.1 Å². The molecule has 0 aliphatic carbocycles. The summed E-state index contributed by atoms with van der Waals surface area (Å²) in [7, 11) is 1.55. The van der Waals surface area contributed by atoms with Crippen LogP contribution in [0.2, 0.25) is 5.02 Å². The molecule has 6 heteroatoms. The van der Waals surface area contributed by atoms with E-state index < -0.39 is 0 Å². The molecule has 0 aliphatic heterocycles. The van der Waals surface area contributed by atoms with Gasteiger partial charge in [0.15, 0.2) is 11.5 Å². The lowest BCUT2D eigenvalue weighted by Gasteiger charge is -2.13. The van der Waals surface area contributed by atoms with Gasteiger partial charge >= 0.3 is 0 Å². The van der Waals surface area contributed by atoms with Crippen LogP contribution in [0.3, 0.4) is 0 Å². The summed E-state index contributed by atoms with van der Waals surface area (Å²) in [5, 5.41) is 12.4. The number of nitrogens with zero attached hydrogens (tertiary/aromatic N) is 1. The standard InChI is InChI=1S/C17H18ClNO4/c1-12-10-14(6-7-15(12)18)22-8-9-23-17-13(11-19-20)4-3-5-16(17)21-2/h3-7,10-11,20H,8-9H2,1-2H3/b19-11+. The van der Waals surface area contributed by atoms with Crippen molar-refractivity contribution in [1.29, 1.82) is 0 Å². The van der Waals surface area contributed by atoms with Crippen LogP contribution in [0.25, 0.3) is 0 Å². The Labute approximate surface area is 140 Å². The van der Waals surface area contributed by atoms with Crippen LogP contribution in [0.15, 0.2) is 41.6 Å². The lowest BCUT2D eigenvalue weighted by molar-refractivity contribution is 0.211. The minimum Gasteiger partial charge on any atom is -0.493 e. The van der Waals surface area contributed by atoms with E-state index in [-0.39, 0.29) is 0 Å². The molecule has 0 heterocycles. The lowest BCUT2D eigenvalue weighted by Crippen LogP contribution is -2.10. The predicted octanol–water partition coefficient (Wildman–Crippen LogP) is 3.92. The molecule has 0 aliphatic rings. The van der Waals surface area contributed by atoms with Gasteiger partial charge in [-0.15, -0.1) is 0 Å². The molecule has 0 radical (unpaired) electrons. The number of methoxy groups -OCH3 is 1. The number of oxime groups is 1. The largest absolute Gasteiger partial charge is 0.493 e. The third-order valence-corrected chi connectivity index (χ3v) is 3.58. The van der Waals surface area contributed by atoms with Gasteiger partial charge in [-0.05, 0) is 42.8 Å². The monoisotopic (exact) mass is 335 g/mol. The van der Waals surface area contributed by atoms with Crippen molar-refractivity contribution in [3.63, 3.8) is 0 Å². The summed E-state index contributed by atoms with van der Waals surface area (Å²) in [5.41, 5.74) is 1.57. The van der Waals surface area contributed by atoms with Gasteiger partial charge in [0.05, 0.1) is 13.3 Å². The Morgan fingerprint density at radius 1 is 1.17 bits per heavy atom. The normalized spacial score (nSPS) is 10.7. The SMILES string of the molecule is COc1cccc(/C=N/O)c1OCCOc1ccc(Cl)c(C)c1. The Morgan fingerprint density at radius 3 is 2.65 bits per heavy atom. The molecule has 0 amide bonds. The van der Waals surface area contributed by atoms with E-state index in [1.165, 1.54) is 6.21 Å². The van der Waals surface area contributed by atoms with Crippen molar-refractivity contribution in [1.82, 2.24) is 0 Å². The van der Waals surface area contributed by atoms with Crippen LogP contribution >= 0.6 is 11.6 Å². The van der Waals surface area contributed by atoms with Crippen molar-refractivity contribution in [2.24, 2.45) is 5.16 Å². The van der Waals surface area contributed by atoms with Crippen molar-refractivity contribution in [3.05, 3.63) is 52.5 Å². The Hall–Kier alpha value is -2.40. The minimum absolute atomic E-state index is 0.314. The van der Waals surface area contributed by atoms with Crippen LogP contribution in [-0.2, 0) is 0 Å². The first-order chi connectivity index (χ1) is 11.2. The molecule has 2 aromatic rings. The lowest BCUT2D eigenvalue weighted by atomic mass is 10.2. The first-order valence-electron chi connectivity index (χ1n) is 7.02. The van der Waals surface area contributed by atoms with Crippen molar-refractivity contribution in [2.75, 3.05) is 20.3 Å². The topological polar surface area (TPSA) is 60.3 Å². The van der Waals surface area contributed by atoms with Gasteiger partial charge in [0.2, 0.25) is 0 Å². The third kappa shape index (κ3) is 4.53. The molecular formula is C17H18ClNO4. The number of rotatable bonds is 7. The Balaban J connectivity index is 1.97. The molecule has 2 rings (SSSR count). The van der Waals surface area contributed by atoms with Gasteiger partial charge in [-0.25, -0.2) is 0 Å². The summed E-state index contributed by atoms with van der Waals surface area (Å²) in [6.45, 7) is 2.59. The molecule has 0 spiro atoms. The van der Waals surface area contributed by atoms with Crippen molar-refractivity contribution >= 4 is 17.8 Å². The van der Waals surface area contributed by atoms with Crippen LogP contribution in [0.5, 0.6) is 17.2 Å². The number of hydrogen-bond donors (Lipinski definition) is 1. The van der Waals surface area contributed by atoms with Gasteiger partial charge in [-0.1, -0.05) is 22.8 Å². The van der Waals surface area contributed by atoms with Gasteiger partial charge in [0.25, 0.3) is 0 Å². The number of hydrogen-bond acceptors (Lipinski definition) is 5. The molecule has 0 aromatic heterocycles. The zero-order valence-corrected chi connectivity index (χ0v) is 13.7. The van der Waals surface area contributed by atoms with E-state index in [2.05, 4.69) is 5.16 Å². The van der Waals surface area contributed by atoms with E-state index in [0.717, 1.165) is 11.3 Å². The smallest absolute Gasteiger partial charge is 0.170 e. The van der Waals surface area contributed by atoms with Crippen molar-refractivity contribution in [2.45, 2.75) is 6.92 Å². The fraction of sp³-hybridized carbons (Fsp3) is 0.235. The molecule has 0 atom stereocenters. The highest BCUT2D eigenvalue weighted by molar-refractivity contribution is 6.31. The van der Waals surface area contributed by atoms with Crippen LogP contribution in [0, 0.1) is 6.92 Å². The highest BCUT2D eigenvalue weighted by Gasteiger charge is 2.09. The second-order valence-electron chi connectivity index (χ2n) is 4.73. The Morgan fingerprint density at radius 2 is 1.96 bits per heavy atom. The maximum atomic E-state index is 8.71. The number of halogens is 1. The Bertz CT molecular complexity index is 688. The summed E-state index contributed by atoms with van der Waals surface area (Å²) in [6, 6.07) is 10.8. The number of aryl methyl sites for hydroxylation is 1. The number of benzene rings is 2. The number of ether oxygens (including phenoxy) is 3. The molecule has 0 bridgehead atoms. The molecule has 0 saturated heterocycles. The fourth-order valence-corrected chi connectivity index (χ4v) is 2.14. The fourth-order valence-electron chi connectivity index (χ4n) is 2.02. The maximum absolute atomic E-state index is 8.71. The van der Waals surface area contributed by atoms with Crippen molar-refractivity contribution in [3.8, 4) is 17.2 Å². The van der Waals surface area contributed by atoms with Gasteiger partial charge in [-0.3, -0.25) is 0 Å². The molecule has 1 N–H and O–H groups in total. The van der Waals surface area contributed by atoms with E-state index in [9.17, 15) is 0 Å². The summed E-state index contributed by atoms with van der Waals surface area (Å²) >= 11 is 5.98. The second kappa shape index (κ2) is 8.29. The molecular weight excluding hydrogens is 318 g/mol. The van der Waals surface area contributed by atoms with Gasteiger partial charge < -0.3 is 19.4 Å². The van der Waals surface area contributed by atoms with Gasteiger partial charge in [0.1, 0.15) is 19.0 Å². The quantitative estimate of drug-likeness (QED) is 0.360. The van der Waals surface area contributed by atoms with Gasteiger partial charge in [0, 0.05) is 10.6 Å². The highest BCUT2D eigenvalue weighted by atomic mass is 35.5. The molecule has 122 valence electrons. The van der Waals surface area contributed by atoms with E-state index in [1.54, 1.807) is 31.4 Å². The summed E-state index contributed by atoms with van der Waals surface area (Å²) in [5.74, 6) is 1.79. The average Bonchev–Trinajstić information content (AvgIpc) is 2.56. The van der Waals surface area contributed by atoms with Crippen LogP contribution in [-0.4, -0.2) is 31.7 Å². The summed E-state index contributed by atoms with van der Waals surface area (Å²) < 4.78 is 16.6. The van der Waals surface area contributed by atoms with Crippen LogP contribution in [0.4, 0.5) is 0 Å². The summed E-state index contributed by atoms with van der Waals surface area (Å²) in [4.78, 5) is 0. The zero-order valence-electron chi connectivity index (χ0n) is 13.0. The van der Waals surface area contributed by atoms with E-state index >= 15 is 0 Å². The van der Waals surface area contributed by atoms with E-state index in [0.29, 0.717) is 35.3 Å². The molecule has 5 nitrogen and oxygen atoms in total. The molecule has 0 saturated carbocycles. The molecule has 0 fully saturated rings. The van der Waals surface area contributed by atoms with Gasteiger partial charge in [-0.2, -0.15) is 0 Å². The molecule has 2 aromatic carbocycles. The third-order valence-electron chi connectivity index (χ3n) is 3.15. The van der Waals surface area contributed by atoms with Crippen molar-refractivity contribution < 1.29 is 19.4 Å². The Kier molecular flexibility index (Phi) is 6.11. The number of para-hydroxylation sites is 1.